The SMILES string of the molecule is CCCCCCC/C=C\CCCCCCCC(=O)NC(COP(=O)([O-])OCC[N+](C)(C)C)C(O)/C=C/CC/C=C/CCCCCCCCCCCC. The quantitative estimate of drug-likeness (QED) is 0.0281. The molecule has 0 heterocycles. The van der Waals surface area contributed by atoms with E-state index in [9.17, 15) is 19.4 Å². The zero-order chi connectivity index (χ0) is 38.6. The van der Waals surface area contributed by atoms with E-state index >= 15 is 0 Å². The van der Waals surface area contributed by atoms with Crippen LogP contribution in [-0.4, -0.2) is 68.5 Å². The minimum absolute atomic E-state index is 0.00805. The molecule has 0 bridgehead atoms. The van der Waals surface area contributed by atoms with Crippen LogP contribution in [0.4, 0.5) is 0 Å². The van der Waals surface area contributed by atoms with Gasteiger partial charge in [-0.15, -0.1) is 0 Å². The van der Waals surface area contributed by atoms with E-state index in [1.54, 1.807) is 6.08 Å². The molecule has 8 nitrogen and oxygen atoms in total. The van der Waals surface area contributed by atoms with E-state index < -0.39 is 26.6 Å². The number of carbonyl (C=O) groups excluding carboxylic acids is 1. The van der Waals surface area contributed by atoms with Gasteiger partial charge in [-0.05, 0) is 57.8 Å². The molecule has 0 aliphatic carbocycles. The van der Waals surface area contributed by atoms with Crippen LogP contribution in [-0.2, 0) is 18.4 Å². The van der Waals surface area contributed by atoms with E-state index in [-0.39, 0.29) is 12.5 Å². The average molecular weight is 755 g/mol. The van der Waals surface area contributed by atoms with E-state index in [1.807, 2.05) is 27.2 Å². The number of nitrogens with zero attached hydrogens (tertiary/aromatic N) is 1. The fourth-order valence-electron chi connectivity index (χ4n) is 5.87. The van der Waals surface area contributed by atoms with E-state index in [1.165, 1.54) is 103 Å². The Bertz CT molecular complexity index is 948. The van der Waals surface area contributed by atoms with Gasteiger partial charge in [-0.25, -0.2) is 0 Å². The number of amides is 1. The molecule has 3 unspecified atom stereocenters. The summed E-state index contributed by atoms with van der Waals surface area (Å²) in [7, 11) is 1.24. The van der Waals surface area contributed by atoms with E-state index in [4.69, 9.17) is 9.05 Å². The van der Waals surface area contributed by atoms with Crippen LogP contribution in [0.25, 0.3) is 0 Å². The minimum Gasteiger partial charge on any atom is -0.756 e. The summed E-state index contributed by atoms with van der Waals surface area (Å²) in [6, 6.07) is -0.904. The van der Waals surface area contributed by atoms with Crippen molar-refractivity contribution in [2.75, 3.05) is 40.9 Å². The maximum atomic E-state index is 12.8. The van der Waals surface area contributed by atoms with Gasteiger partial charge in [0, 0.05) is 6.42 Å². The maximum absolute atomic E-state index is 12.8. The van der Waals surface area contributed by atoms with Gasteiger partial charge in [-0.2, -0.15) is 0 Å². The first-order chi connectivity index (χ1) is 25.0. The summed E-state index contributed by atoms with van der Waals surface area (Å²) >= 11 is 0. The number of hydrogen-bond donors (Lipinski definition) is 2. The molecule has 52 heavy (non-hydrogen) atoms. The van der Waals surface area contributed by atoms with Crippen LogP contribution < -0.4 is 10.2 Å². The lowest BCUT2D eigenvalue weighted by atomic mass is 10.1. The second-order valence-electron chi connectivity index (χ2n) is 15.7. The lowest BCUT2D eigenvalue weighted by molar-refractivity contribution is -0.870. The summed E-state index contributed by atoms with van der Waals surface area (Å²) in [6.45, 7) is 4.59. The van der Waals surface area contributed by atoms with Gasteiger partial charge in [0.05, 0.1) is 39.9 Å². The zero-order valence-electron chi connectivity index (χ0n) is 34.5. The fraction of sp³-hybridized carbons (Fsp3) is 0.837. The van der Waals surface area contributed by atoms with Crippen molar-refractivity contribution in [3.05, 3.63) is 36.5 Å². The number of aliphatic hydroxyl groups is 1. The molecule has 0 aliphatic rings. The molecule has 0 rings (SSSR count). The van der Waals surface area contributed by atoms with Gasteiger partial charge >= 0.3 is 0 Å². The molecular weight excluding hydrogens is 671 g/mol. The summed E-state index contributed by atoms with van der Waals surface area (Å²) < 4.78 is 23.1. The van der Waals surface area contributed by atoms with Crippen LogP contribution in [0.5, 0.6) is 0 Å². The van der Waals surface area contributed by atoms with Gasteiger partial charge in [0.1, 0.15) is 13.2 Å². The molecule has 2 N–H and O–H groups in total. The molecule has 0 spiro atoms. The summed E-state index contributed by atoms with van der Waals surface area (Å²) in [5.74, 6) is -0.218. The molecule has 306 valence electrons. The van der Waals surface area contributed by atoms with Crippen molar-refractivity contribution in [3.8, 4) is 0 Å². The number of phosphoric ester groups is 1. The second kappa shape index (κ2) is 35.4. The Hall–Kier alpha value is -1.28. The lowest BCUT2D eigenvalue weighted by Crippen LogP contribution is -2.45. The number of likely N-dealkylation sites (N-methyl/N-ethyl adjacent to an activating group) is 1. The molecule has 0 radical (unpaired) electrons. The first-order valence-electron chi connectivity index (χ1n) is 21.4. The van der Waals surface area contributed by atoms with Crippen LogP contribution >= 0.6 is 7.82 Å². The van der Waals surface area contributed by atoms with Crippen molar-refractivity contribution < 1.29 is 32.9 Å². The van der Waals surface area contributed by atoms with Crippen molar-refractivity contribution in [3.63, 3.8) is 0 Å². The minimum atomic E-state index is -4.59. The molecule has 0 aromatic rings. The average Bonchev–Trinajstić information content (AvgIpc) is 3.09. The molecule has 0 aliphatic heterocycles. The van der Waals surface area contributed by atoms with E-state index in [2.05, 4.69) is 43.5 Å². The smallest absolute Gasteiger partial charge is 0.268 e. The predicted molar refractivity (Wildman–Crippen MR) is 219 cm³/mol. The van der Waals surface area contributed by atoms with E-state index in [0.717, 1.165) is 57.8 Å². The Morgan fingerprint density at radius 1 is 0.654 bits per heavy atom. The first kappa shape index (κ1) is 50.7. The van der Waals surface area contributed by atoms with Crippen LogP contribution in [0.2, 0.25) is 0 Å². The van der Waals surface area contributed by atoms with Gasteiger partial charge in [0.2, 0.25) is 5.91 Å². The molecule has 3 atom stereocenters. The Morgan fingerprint density at radius 3 is 1.56 bits per heavy atom. The number of phosphoric acid groups is 1. The number of hydrogen-bond acceptors (Lipinski definition) is 6. The highest BCUT2D eigenvalue weighted by Crippen LogP contribution is 2.38. The molecule has 0 saturated heterocycles. The normalized spacial score (nSPS) is 14.8. The summed E-state index contributed by atoms with van der Waals surface area (Å²) in [5.41, 5.74) is 0. The molecule has 0 aromatic heterocycles. The van der Waals surface area contributed by atoms with Crippen molar-refractivity contribution in [1.82, 2.24) is 5.32 Å². The van der Waals surface area contributed by atoms with Crippen molar-refractivity contribution in [2.24, 2.45) is 0 Å². The van der Waals surface area contributed by atoms with Crippen molar-refractivity contribution in [1.29, 1.82) is 0 Å². The maximum Gasteiger partial charge on any atom is 0.268 e. The van der Waals surface area contributed by atoms with Crippen molar-refractivity contribution >= 4 is 13.7 Å². The highest BCUT2D eigenvalue weighted by molar-refractivity contribution is 7.45. The van der Waals surface area contributed by atoms with Crippen LogP contribution in [0.3, 0.4) is 0 Å². The largest absolute Gasteiger partial charge is 0.756 e. The van der Waals surface area contributed by atoms with Crippen LogP contribution in [0.1, 0.15) is 181 Å². The summed E-state index contributed by atoms with van der Waals surface area (Å²) in [6.07, 6.45) is 41.9. The lowest BCUT2D eigenvalue weighted by Gasteiger charge is -2.29. The fourth-order valence-corrected chi connectivity index (χ4v) is 6.59. The van der Waals surface area contributed by atoms with E-state index in [0.29, 0.717) is 17.4 Å². The Kier molecular flexibility index (Phi) is 34.6. The predicted octanol–water partition coefficient (Wildman–Crippen LogP) is 10.9. The highest BCUT2D eigenvalue weighted by atomic mass is 31.2. The van der Waals surface area contributed by atoms with Gasteiger partial charge < -0.3 is 28.8 Å². The van der Waals surface area contributed by atoms with Gasteiger partial charge in [0.15, 0.2) is 0 Å². The highest BCUT2D eigenvalue weighted by Gasteiger charge is 2.23. The number of allylic oxidation sites excluding steroid dienone is 5. The number of aliphatic hydroxyl groups excluding tert-OH is 1. The number of quaternary nitrogens is 1. The number of nitrogens with one attached hydrogen (secondary N) is 1. The third-order valence-electron chi connectivity index (χ3n) is 9.32. The van der Waals surface area contributed by atoms with Crippen molar-refractivity contribution in [2.45, 2.75) is 193 Å². The molecular formula is C43H83N2O6P. The number of carbonyl (C=O) groups is 1. The molecule has 0 fully saturated rings. The van der Waals surface area contributed by atoms with Crippen LogP contribution in [0, 0.1) is 0 Å². The van der Waals surface area contributed by atoms with Gasteiger partial charge in [-0.3, -0.25) is 9.36 Å². The van der Waals surface area contributed by atoms with Gasteiger partial charge in [-0.1, -0.05) is 153 Å². The summed E-state index contributed by atoms with van der Waals surface area (Å²) in [4.78, 5) is 25.2. The molecule has 1 amide bonds. The number of rotatable bonds is 38. The molecule has 9 heteroatoms. The molecule has 0 aromatic carbocycles. The third-order valence-corrected chi connectivity index (χ3v) is 10.3. The zero-order valence-corrected chi connectivity index (χ0v) is 35.4. The Balaban J connectivity index is 4.53. The monoisotopic (exact) mass is 755 g/mol. The van der Waals surface area contributed by atoms with Crippen LogP contribution in [0.15, 0.2) is 36.5 Å². The summed E-state index contributed by atoms with van der Waals surface area (Å²) in [5, 5.41) is 13.7. The topological polar surface area (TPSA) is 108 Å². The molecule has 0 saturated carbocycles. The Morgan fingerprint density at radius 2 is 1.08 bits per heavy atom. The number of unbranched alkanes of at least 4 members (excludes halogenated alkanes) is 21. The third kappa shape index (κ3) is 37.1. The Labute approximate surface area is 321 Å². The standard InChI is InChI=1S/C43H83N2O6P/c1-6-8-10-12-14-16-18-20-22-23-24-26-28-30-32-34-36-42(46)41(40-51-52(48,49)50-39-38-45(3,4)5)44-43(47)37-35-33-31-29-27-25-21-19-17-15-13-11-9-7-2/h19,21,26,28,34,36,41-42,46H,6-18,20,22-25,27,29-33,35,37-40H2,1-5H3,(H-,44,47,48,49)/b21-19-,28-26+,36-34+. The first-order valence-corrected chi connectivity index (χ1v) is 22.8. The second-order valence-corrected chi connectivity index (χ2v) is 17.1. The van der Waals surface area contributed by atoms with Gasteiger partial charge in [0.25, 0.3) is 7.82 Å².